The van der Waals surface area contributed by atoms with Crippen molar-refractivity contribution in [1.82, 2.24) is 0 Å². The molecule has 2 nitrogen and oxygen atoms in total. The number of methoxy groups -OCH3 is 1. The van der Waals surface area contributed by atoms with E-state index in [-0.39, 0.29) is 24.6 Å². The Kier molecular flexibility index (Phi) is 5.34. The van der Waals surface area contributed by atoms with Gasteiger partial charge in [0.2, 0.25) is 0 Å². The van der Waals surface area contributed by atoms with Crippen molar-refractivity contribution in [1.29, 1.82) is 0 Å². The van der Waals surface area contributed by atoms with E-state index in [1.165, 1.54) is 7.11 Å². The van der Waals surface area contributed by atoms with E-state index >= 15 is 0 Å². The first-order valence-corrected chi connectivity index (χ1v) is 5.69. The topological polar surface area (TPSA) is 32.3 Å². The van der Waals surface area contributed by atoms with E-state index in [0.29, 0.717) is 5.75 Å². The van der Waals surface area contributed by atoms with Gasteiger partial charge in [0.15, 0.2) is 0 Å². The van der Waals surface area contributed by atoms with Crippen LogP contribution in [0.1, 0.15) is 12.5 Å². The molecule has 0 saturated carbocycles. The van der Waals surface area contributed by atoms with E-state index < -0.39 is 0 Å². The Bertz CT molecular complexity index is 484. The molecule has 0 saturated heterocycles. The third-order valence-electron chi connectivity index (χ3n) is 2.84. The molecule has 0 heterocycles. The molecule has 18 heavy (non-hydrogen) atoms. The van der Waals surface area contributed by atoms with Gasteiger partial charge in [0.05, 0.1) is 7.11 Å². The van der Waals surface area contributed by atoms with Crippen LogP contribution in [0.5, 0.6) is 11.5 Å². The van der Waals surface area contributed by atoms with E-state index in [1.807, 2.05) is 43.3 Å². The molecule has 2 aromatic rings. The van der Waals surface area contributed by atoms with Crippen molar-refractivity contribution in [2.75, 3.05) is 7.11 Å². The van der Waals surface area contributed by atoms with Gasteiger partial charge in [-0.3, -0.25) is 0 Å². The third kappa shape index (κ3) is 2.90. The number of rotatable bonds is 3. The number of benzene rings is 2. The Balaban J connectivity index is 0.00000162. The van der Waals surface area contributed by atoms with Gasteiger partial charge in [-0.1, -0.05) is 54.6 Å². The van der Waals surface area contributed by atoms with E-state index in [1.54, 1.807) is 6.07 Å². The Hall–Kier alpha value is -1.36. The first kappa shape index (κ1) is 14.7. The summed E-state index contributed by atoms with van der Waals surface area (Å²) in [4.78, 5) is 0. The summed E-state index contributed by atoms with van der Waals surface area (Å²) in [6, 6.07) is 13.7. The second kappa shape index (κ2) is 6.54. The van der Waals surface area contributed by atoms with Crippen LogP contribution in [0.25, 0.3) is 11.1 Å². The second-order valence-electron chi connectivity index (χ2n) is 3.89. The van der Waals surface area contributed by atoms with E-state index in [0.717, 1.165) is 23.1 Å². The summed E-state index contributed by atoms with van der Waals surface area (Å²) in [5.41, 5.74) is 2.92. The van der Waals surface area contributed by atoms with Crippen LogP contribution in [0.4, 0.5) is 0 Å². The van der Waals surface area contributed by atoms with Crippen molar-refractivity contribution >= 4 is 0 Å². The second-order valence-corrected chi connectivity index (χ2v) is 3.89. The van der Waals surface area contributed by atoms with Gasteiger partial charge in [0.1, 0.15) is 5.75 Å². The van der Waals surface area contributed by atoms with Gasteiger partial charge < -0.3 is 9.84 Å². The smallest absolute Gasteiger partial charge is 0.870 e. The number of aryl methyl sites for hydroxylation is 1. The Morgan fingerprint density at radius 1 is 1.06 bits per heavy atom. The zero-order chi connectivity index (χ0) is 12.3. The molecule has 0 fully saturated rings. The van der Waals surface area contributed by atoms with Crippen LogP contribution in [-0.2, 0) is 6.42 Å². The first-order chi connectivity index (χ1) is 8.26. The molecule has 0 radical (unpaired) electrons. The van der Waals surface area contributed by atoms with Crippen molar-refractivity contribution < 1.29 is 28.7 Å². The summed E-state index contributed by atoms with van der Waals surface area (Å²) in [7, 11) is 1.53. The van der Waals surface area contributed by atoms with Gasteiger partial charge in [0, 0.05) is 0 Å². The van der Waals surface area contributed by atoms with Gasteiger partial charge in [-0.15, -0.1) is 0 Å². The minimum absolute atomic E-state index is 0. The summed E-state index contributed by atoms with van der Waals surface area (Å²) in [5.74, 6) is 0.415. The fraction of sp³-hybridized carbons (Fsp3) is 0.200. The molecule has 0 aliphatic rings. The monoisotopic (exact) mass is 234 g/mol. The number of hydrogen-bond acceptors (Lipinski definition) is 2. The third-order valence-corrected chi connectivity index (χ3v) is 2.84. The van der Waals surface area contributed by atoms with Crippen LogP contribution in [0.3, 0.4) is 0 Å². The maximum Gasteiger partial charge on any atom is 1.00 e. The fourth-order valence-electron chi connectivity index (χ4n) is 1.87. The van der Waals surface area contributed by atoms with Crippen LogP contribution in [0.15, 0.2) is 42.5 Å². The van der Waals surface area contributed by atoms with Crippen molar-refractivity contribution in [3.8, 4) is 22.6 Å². The van der Waals surface area contributed by atoms with Crippen molar-refractivity contribution in [3.63, 3.8) is 0 Å². The molecule has 0 spiro atoms. The largest absolute Gasteiger partial charge is 1.00 e. The van der Waals surface area contributed by atoms with Gasteiger partial charge in [0.25, 0.3) is 0 Å². The Morgan fingerprint density at radius 2 is 1.72 bits per heavy atom. The molecule has 0 amide bonds. The zero-order valence-electron chi connectivity index (χ0n) is 11.1. The van der Waals surface area contributed by atoms with Crippen LogP contribution in [0, 0.1) is 0 Å². The molecule has 2 aromatic carbocycles. The maximum atomic E-state index is 11.9. The molecule has 88 valence electrons. The van der Waals surface area contributed by atoms with Gasteiger partial charge >= 0.3 is 18.9 Å². The van der Waals surface area contributed by atoms with Crippen molar-refractivity contribution in [3.05, 3.63) is 48.0 Å². The molecule has 0 aromatic heterocycles. The molecule has 0 aliphatic carbocycles. The number of ether oxygens (including phenoxy) is 1. The molecular weight excluding hydrogens is 219 g/mol. The van der Waals surface area contributed by atoms with E-state index in [2.05, 4.69) is 0 Å². The summed E-state index contributed by atoms with van der Waals surface area (Å²) >= 11 is 0. The van der Waals surface area contributed by atoms with Gasteiger partial charge in [-0.2, -0.15) is 0 Å². The average Bonchev–Trinajstić information content (AvgIpc) is 2.40. The van der Waals surface area contributed by atoms with Crippen molar-refractivity contribution in [2.45, 2.75) is 13.3 Å². The first-order valence-electron chi connectivity index (χ1n) is 5.69. The average molecular weight is 234 g/mol. The fourth-order valence-corrected chi connectivity index (χ4v) is 1.87. The summed E-state index contributed by atoms with van der Waals surface area (Å²) in [5, 5.41) is 11.9. The summed E-state index contributed by atoms with van der Waals surface area (Å²) in [6.07, 6.45) is 0.718. The minimum Gasteiger partial charge on any atom is -0.870 e. The van der Waals surface area contributed by atoms with E-state index in [4.69, 9.17) is 4.74 Å². The van der Waals surface area contributed by atoms with Crippen molar-refractivity contribution in [2.24, 2.45) is 0 Å². The quantitative estimate of drug-likeness (QED) is 0.700. The molecule has 0 N–H and O–H groups in total. The minimum atomic E-state index is -0.00492. The van der Waals surface area contributed by atoms with Crippen LogP contribution in [0.2, 0.25) is 0 Å². The van der Waals surface area contributed by atoms with Gasteiger partial charge in [-0.25, -0.2) is 0 Å². The number of hydrogen-bond donors (Lipinski definition) is 0. The van der Waals surface area contributed by atoms with E-state index in [9.17, 15) is 5.11 Å². The van der Waals surface area contributed by atoms with Crippen LogP contribution >= 0.6 is 0 Å². The molecule has 0 bridgehead atoms. The maximum absolute atomic E-state index is 11.9. The van der Waals surface area contributed by atoms with Crippen LogP contribution < -0.4 is 28.7 Å². The predicted octanol–water partition coefficient (Wildman–Crippen LogP) is 0.00220. The predicted molar refractivity (Wildman–Crippen MR) is 67.3 cm³/mol. The molecule has 0 unspecified atom stereocenters. The normalized spacial score (nSPS) is 9.67. The van der Waals surface area contributed by atoms with Crippen LogP contribution in [-0.4, -0.2) is 7.11 Å². The summed E-state index contributed by atoms with van der Waals surface area (Å²) in [6.45, 7) is 1.98. The Labute approximate surface area is 120 Å². The Morgan fingerprint density at radius 3 is 2.28 bits per heavy atom. The molecular formula is C15H15LiO2. The molecule has 0 aliphatic heterocycles. The molecule has 0 atom stereocenters. The summed E-state index contributed by atoms with van der Waals surface area (Å²) < 4.78 is 5.14. The SMILES string of the molecule is CCc1cc(-c2ccccc2)cc(OC)c1[O-].[Li+]. The zero-order valence-corrected chi connectivity index (χ0v) is 11.1. The van der Waals surface area contributed by atoms with Gasteiger partial charge in [-0.05, 0) is 23.6 Å². The molecule has 3 heteroatoms. The molecule has 2 rings (SSSR count). The standard InChI is InChI=1S/C15H16O2.Li/c1-3-11-9-13(10-14(17-2)15(11)16)12-7-5-4-6-8-12;/h4-10,16H,3H2,1-2H3;/q;+1/p-1.